The lowest BCUT2D eigenvalue weighted by Gasteiger charge is -2.08. The van der Waals surface area contributed by atoms with Gasteiger partial charge in [-0.25, -0.2) is 4.68 Å². The number of anilines is 1. The van der Waals surface area contributed by atoms with E-state index in [2.05, 4.69) is 10.4 Å². The van der Waals surface area contributed by atoms with Crippen LogP contribution in [0.15, 0.2) is 54.7 Å². The van der Waals surface area contributed by atoms with E-state index >= 15 is 0 Å². The van der Waals surface area contributed by atoms with E-state index in [0.29, 0.717) is 27.7 Å². The van der Waals surface area contributed by atoms with Crippen molar-refractivity contribution in [2.75, 3.05) is 11.9 Å². The zero-order valence-corrected chi connectivity index (χ0v) is 14.7. The first-order valence-electron chi connectivity index (χ1n) is 7.80. The number of amides is 1. The molecular formula is C19H15ClN4O2. The van der Waals surface area contributed by atoms with Crippen LogP contribution in [0.2, 0.25) is 5.02 Å². The van der Waals surface area contributed by atoms with Crippen molar-refractivity contribution >= 4 is 23.2 Å². The summed E-state index contributed by atoms with van der Waals surface area (Å²) < 4.78 is 6.85. The van der Waals surface area contributed by atoms with Crippen molar-refractivity contribution in [2.45, 2.75) is 6.92 Å². The normalized spacial score (nSPS) is 10.2. The predicted molar refractivity (Wildman–Crippen MR) is 98.8 cm³/mol. The van der Waals surface area contributed by atoms with E-state index in [0.717, 1.165) is 5.69 Å². The van der Waals surface area contributed by atoms with Gasteiger partial charge in [0.25, 0.3) is 5.91 Å². The Bertz CT molecular complexity index is 974. The Morgan fingerprint density at radius 3 is 2.77 bits per heavy atom. The average molecular weight is 367 g/mol. The third-order valence-electron chi connectivity index (χ3n) is 3.72. The number of carbonyl (C=O) groups is 1. The van der Waals surface area contributed by atoms with Crippen LogP contribution in [0.3, 0.4) is 0 Å². The maximum Gasteiger partial charge on any atom is 0.259 e. The van der Waals surface area contributed by atoms with E-state index in [1.54, 1.807) is 41.1 Å². The van der Waals surface area contributed by atoms with Crippen LogP contribution in [0.5, 0.6) is 5.75 Å². The zero-order chi connectivity index (χ0) is 18.5. The summed E-state index contributed by atoms with van der Waals surface area (Å²) in [5, 5.41) is 16.2. The Kier molecular flexibility index (Phi) is 5.20. The van der Waals surface area contributed by atoms with E-state index in [9.17, 15) is 4.79 Å². The van der Waals surface area contributed by atoms with Crippen LogP contribution in [0.4, 0.5) is 5.69 Å². The largest absolute Gasteiger partial charge is 0.479 e. The number of nitriles is 1. The minimum Gasteiger partial charge on any atom is -0.479 e. The van der Waals surface area contributed by atoms with Crippen molar-refractivity contribution in [2.24, 2.45) is 0 Å². The van der Waals surface area contributed by atoms with Crippen LogP contribution >= 0.6 is 11.6 Å². The molecule has 0 saturated heterocycles. The number of hydrogen-bond donors (Lipinski definition) is 1. The summed E-state index contributed by atoms with van der Waals surface area (Å²) in [4.78, 5) is 12.5. The van der Waals surface area contributed by atoms with Gasteiger partial charge < -0.3 is 10.1 Å². The molecule has 0 aliphatic rings. The molecule has 3 rings (SSSR count). The first kappa shape index (κ1) is 17.5. The number of rotatable bonds is 5. The van der Waals surface area contributed by atoms with Gasteiger partial charge in [0, 0.05) is 10.7 Å². The summed E-state index contributed by atoms with van der Waals surface area (Å²) in [6, 6.07) is 16.0. The fraction of sp³-hybridized carbons (Fsp3) is 0.105. The molecule has 26 heavy (non-hydrogen) atoms. The molecule has 1 heterocycles. The van der Waals surface area contributed by atoms with E-state index in [4.69, 9.17) is 21.6 Å². The van der Waals surface area contributed by atoms with Crippen molar-refractivity contribution in [1.29, 1.82) is 5.26 Å². The first-order valence-corrected chi connectivity index (χ1v) is 8.18. The number of halogens is 1. The average Bonchev–Trinajstić information content (AvgIpc) is 3.03. The summed E-state index contributed by atoms with van der Waals surface area (Å²) in [7, 11) is 0. The summed E-state index contributed by atoms with van der Waals surface area (Å²) >= 11 is 6.02. The second-order valence-electron chi connectivity index (χ2n) is 5.46. The van der Waals surface area contributed by atoms with Gasteiger partial charge in [0.2, 0.25) is 0 Å². The Labute approximate surface area is 155 Å². The molecular weight excluding hydrogens is 352 g/mol. The van der Waals surface area contributed by atoms with E-state index < -0.39 is 0 Å². The number of benzene rings is 2. The van der Waals surface area contributed by atoms with Crippen LogP contribution in [-0.4, -0.2) is 22.3 Å². The minimum atomic E-state index is -0.263. The molecule has 0 spiro atoms. The highest BCUT2D eigenvalue weighted by Gasteiger charge is 2.15. The molecule has 0 bridgehead atoms. The molecule has 0 fully saturated rings. The maximum atomic E-state index is 12.5. The van der Waals surface area contributed by atoms with Gasteiger partial charge in [0.15, 0.2) is 6.61 Å². The van der Waals surface area contributed by atoms with E-state index in [-0.39, 0.29) is 12.5 Å². The number of aromatic nitrogens is 2. The highest BCUT2D eigenvalue weighted by Crippen LogP contribution is 2.20. The molecule has 1 N–H and O–H groups in total. The number of ether oxygens (including phenoxy) is 1. The number of carbonyl (C=O) groups excluding carboxylic acids is 1. The van der Waals surface area contributed by atoms with Crippen molar-refractivity contribution in [1.82, 2.24) is 9.78 Å². The maximum absolute atomic E-state index is 12.5. The quantitative estimate of drug-likeness (QED) is 0.740. The lowest BCUT2D eigenvalue weighted by atomic mass is 10.2. The van der Waals surface area contributed by atoms with Gasteiger partial charge in [-0.2, -0.15) is 10.4 Å². The van der Waals surface area contributed by atoms with Gasteiger partial charge in [0.1, 0.15) is 11.8 Å². The highest BCUT2D eigenvalue weighted by molar-refractivity contribution is 6.30. The fourth-order valence-electron chi connectivity index (χ4n) is 2.45. The molecule has 7 heteroatoms. The molecule has 2 aromatic carbocycles. The second kappa shape index (κ2) is 7.72. The third kappa shape index (κ3) is 3.85. The Morgan fingerprint density at radius 1 is 1.31 bits per heavy atom. The lowest BCUT2D eigenvalue weighted by molar-refractivity contribution is 0.102. The van der Waals surface area contributed by atoms with Crippen LogP contribution in [0.1, 0.15) is 16.1 Å². The zero-order valence-electron chi connectivity index (χ0n) is 13.9. The molecule has 0 saturated carbocycles. The monoisotopic (exact) mass is 366 g/mol. The molecule has 0 aliphatic carbocycles. The highest BCUT2D eigenvalue weighted by atomic mass is 35.5. The smallest absolute Gasteiger partial charge is 0.259 e. The van der Waals surface area contributed by atoms with Gasteiger partial charge in [-0.1, -0.05) is 17.7 Å². The molecule has 1 amide bonds. The molecule has 0 atom stereocenters. The SMILES string of the molecule is Cc1c(C(=O)Nc2ccc(OCC#N)cc2)cnn1-c1cccc(Cl)c1. The van der Waals surface area contributed by atoms with Gasteiger partial charge in [-0.15, -0.1) is 0 Å². The van der Waals surface area contributed by atoms with Gasteiger partial charge >= 0.3 is 0 Å². The van der Waals surface area contributed by atoms with Crippen molar-refractivity contribution in [3.05, 3.63) is 71.0 Å². The standard InChI is InChI=1S/C19H15ClN4O2/c1-13-18(12-22-24(13)16-4-2-3-14(20)11-16)19(25)23-15-5-7-17(8-6-15)26-10-9-21/h2-8,11-12H,10H2,1H3,(H,23,25). The third-order valence-corrected chi connectivity index (χ3v) is 3.96. The lowest BCUT2D eigenvalue weighted by Crippen LogP contribution is -2.13. The Morgan fingerprint density at radius 2 is 2.08 bits per heavy atom. The van der Waals surface area contributed by atoms with Crippen molar-refractivity contribution in [3.63, 3.8) is 0 Å². The molecule has 0 unspecified atom stereocenters. The minimum absolute atomic E-state index is 0.0203. The predicted octanol–water partition coefficient (Wildman–Crippen LogP) is 3.99. The number of hydrogen-bond acceptors (Lipinski definition) is 4. The second-order valence-corrected chi connectivity index (χ2v) is 5.90. The molecule has 6 nitrogen and oxygen atoms in total. The molecule has 3 aromatic rings. The fourth-order valence-corrected chi connectivity index (χ4v) is 2.63. The Hall–Kier alpha value is -3.30. The Balaban J connectivity index is 1.76. The topological polar surface area (TPSA) is 79.9 Å². The van der Waals surface area contributed by atoms with Crippen LogP contribution < -0.4 is 10.1 Å². The summed E-state index contributed by atoms with van der Waals surface area (Å²) in [6.45, 7) is 1.80. The van der Waals surface area contributed by atoms with Gasteiger partial charge in [-0.05, 0) is 49.4 Å². The van der Waals surface area contributed by atoms with Gasteiger partial charge in [-0.3, -0.25) is 4.79 Å². The summed E-state index contributed by atoms with van der Waals surface area (Å²) in [5.74, 6) is 0.302. The van der Waals surface area contributed by atoms with E-state index in [1.165, 1.54) is 6.20 Å². The molecule has 1 aromatic heterocycles. The van der Waals surface area contributed by atoms with Gasteiger partial charge in [0.05, 0.1) is 23.1 Å². The van der Waals surface area contributed by atoms with Crippen molar-refractivity contribution in [3.8, 4) is 17.5 Å². The van der Waals surface area contributed by atoms with Crippen LogP contribution in [-0.2, 0) is 0 Å². The number of nitrogens with zero attached hydrogens (tertiary/aromatic N) is 3. The van der Waals surface area contributed by atoms with E-state index in [1.807, 2.05) is 25.1 Å². The molecule has 0 radical (unpaired) electrons. The molecule has 130 valence electrons. The summed E-state index contributed by atoms with van der Waals surface area (Å²) in [6.07, 6.45) is 1.52. The van der Waals surface area contributed by atoms with Crippen LogP contribution in [0.25, 0.3) is 5.69 Å². The molecule has 0 aliphatic heterocycles. The summed E-state index contributed by atoms with van der Waals surface area (Å²) in [5.41, 5.74) is 2.58. The van der Waals surface area contributed by atoms with Crippen molar-refractivity contribution < 1.29 is 9.53 Å². The van der Waals surface area contributed by atoms with Crippen LogP contribution in [0, 0.1) is 18.3 Å². The first-order chi connectivity index (χ1) is 12.6. The number of nitrogens with one attached hydrogen (secondary N) is 1.